The van der Waals surface area contributed by atoms with Crippen molar-refractivity contribution in [1.29, 1.82) is 0 Å². The monoisotopic (exact) mass is 334 g/mol. The van der Waals surface area contributed by atoms with Crippen molar-refractivity contribution in [2.24, 2.45) is 40.4 Å². The highest BCUT2D eigenvalue weighted by molar-refractivity contribution is 5.79. The fourth-order valence-electron chi connectivity index (χ4n) is 7.94. The first-order valence-electron chi connectivity index (χ1n) is 10.1. The fourth-order valence-corrected chi connectivity index (χ4v) is 7.94. The van der Waals surface area contributed by atoms with Crippen molar-refractivity contribution in [2.75, 3.05) is 0 Å². The maximum Gasteiger partial charge on any atom is 0.133 e. The molecule has 0 aromatic heterocycles. The van der Waals surface area contributed by atoms with Crippen LogP contribution in [0.1, 0.15) is 72.1 Å². The number of carbonyl (C=O) groups excluding carboxylic acids is 1. The van der Waals surface area contributed by atoms with Crippen LogP contribution in [0.4, 0.5) is 0 Å². The SMILES string of the molecule is CC(=O)[C@H]1CC[C@H]2[C@@H]3CC[C@H]4C[C@H](O)[C@@H](O)C[C@]4(C)[C@H]3CC[C@]12C. The van der Waals surface area contributed by atoms with Crippen molar-refractivity contribution in [3.63, 3.8) is 0 Å². The first kappa shape index (κ1) is 17.0. The highest BCUT2D eigenvalue weighted by atomic mass is 16.3. The number of aliphatic hydroxyl groups excluding tert-OH is 2. The Balaban J connectivity index is 1.62. The predicted octanol–water partition coefficient (Wildman–Crippen LogP) is 3.57. The van der Waals surface area contributed by atoms with Crippen molar-refractivity contribution in [1.82, 2.24) is 0 Å². The highest BCUT2D eigenvalue weighted by Crippen LogP contribution is 2.67. The largest absolute Gasteiger partial charge is 0.390 e. The second-order valence-corrected chi connectivity index (χ2v) is 10.0. The van der Waals surface area contributed by atoms with Gasteiger partial charge < -0.3 is 10.2 Å². The van der Waals surface area contributed by atoms with E-state index in [4.69, 9.17) is 0 Å². The Morgan fingerprint density at radius 2 is 1.62 bits per heavy atom. The minimum Gasteiger partial charge on any atom is -0.390 e. The van der Waals surface area contributed by atoms with Crippen molar-refractivity contribution in [3.05, 3.63) is 0 Å². The van der Waals surface area contributed by atoms with Gasteiger partial charge in [0.15, 0.2) is 0 Å². The van der Waals surface area contributed by atoms with Crippen LogP contribution in [0.15, 0.2) is 0 Å². The molecule has 4 rings (SSSR count). The van der Waals surface area contributed by atoms with E-state index in [1.807, 2.05) is 0 Å². The summed E-state index contributed by atoms with van der Waals surface area (Å²) < 4.78 is 0. The predicted molar refractivity (Wildman–Crippen MR) is 93.3 cm³/mol. The Morgan fingerprint density at radius 1 is 0.917 bits per heavy atom. The molecular weight excluding hydrogens is 300 g/mol. The van der Waals surface area contributed by atoms with E-state index in [1.165, 1.54) is 32.1 Å². The second-order valence-electron chi connectivity index (χ2n) is 10.0. The summed E-state index contributed by atoms with van der Waals surface area (Å²) in [4.78, 5) is 12.2. The number of carbonyl (C=O) groups is 1. The van der Waals surface area contributed by atoms with E-state index < -0.39 is 12.2 Å². The van der Waals surface area contributed by atoms with Gasteiger partial charge >= 0.3 is 0 Å². The van der Waals surface area contributed by atoms with Crippen LogP contribution in [-0.4, -0.2) is 28.2 Å². The molecule has 3 heteroatoms. The van der Waals surface area contributed by atoms with E-state index >= 15 is 0 Å². The quantitative estimate of drug-likeness (QED) is 0.771. The number of rotatable bonds is 1. The summed E-state index contributed by atoms with van der Waals surface area (Å²) in [6.07, 6.45) is 7.60. The Kier molecular flexibility index (Phi) is 3.93. The maximum absolute atomic E-state index is 12.2. The molecule has 0 aliphatic heterocycles. The summed E-state index contributed by atoms with van der Waals surface area (Å²) in [5.41, 5.74) is 0.389. The van der Waals surface area contributed by atoms with Crippen LogP contribution in [-0.2, 0) is 4.79 Å². The zero-order valence-electron chi connectivity index (χ0n) is 15.5. The number of fused-ring (bicyclic) bond motifs is 5. The van der Waals surface area contributed by atoms with Crippen LogP contribution < -0.4 is 0 Å². The summed E-state index contributed by atoms with van der Waals surface area (Å²) in [7, 11) is 0. The Labute approximate surface area is 146 Å². The average Bonchev–Trinajstić information content (AvgIpc) is 2.86. The molecule has 0 radical (unpaired) electrons. The smallest absolute Gasteiger partial charge is 0.133 e. The molecule has 0 aromatic carbocycles. The summed E-state index contributed by atoms with van der Waals surface area (Å²) in [5, 5.41) is 20.5. The lowest BCUT2D eigenvalue weighted by Crippen LogP contribution is -2.56. The number of aliphatic hydroxyl groups is 2. The van der Waals surface area contributed by atoms with Gasteiger partial charge in [-0.05, 0) is 92.8 Å². The van der Waals surface area contributed by atoms with Crippen LogP contribution in [0.5, 0.6) is 0 Å². The molecule has 0 saturated heterocycles. The molecule has 4 fully saturated rings. The lowest BCUT2D eigenvalue weighted by Gasteiger charge is -2.61. The van der Waals surface area contributed by atoms with E-state index in [2.05, 4.69) is 13.8 Å². The number of ketones is 1. The topological polar surface area (TPSA) is 57.5 Å². The molecular formula is C21H34O3. The Bertz CT molecular complexity index is 531. The lowest BCUT2D eigenvalue weighted by molar-refractivity contribution is -0.160. The third-order valence-corrected chi connectivity index (χ3v) is 9.18. The molecule has 3 nitrogen and oxygen atoms in total. The molecule has 4 saturated carbocycles. The van der Waals surface area contributed by atoms with Gasteiger partial charge in [0.25, 0.3) is 0 Å². The van der Waals surface area contributed by atoms with Crippen LogP contribution in [0.25, 0.3) is 0 Å². The number of Topliss-reactive ketones (excluding diaryl/α,β-unsaturated/α-hetero) is 1. The molecule has 0 unspecified atom stereocenters. The number of hydrogen-bond acceptors (Lipinski definition) is 3. The molecule has 0 spiro atoms. The first-order chi connectivity index (χ1) is 11.3. The van der Waals surface area contributed by atoms with E-state index in [9.17, 15) is 15.0 Å². The molecule has 0 bridgehead atoms. The first-order valence-corrected chi connectivity index (χ1v) is 10.1. The second kappa shape index (κ2) is 5.54. The fraction of sp³-hybridized carbons (Fsp3) is 0.952. The van der Waals surface area contributed by atoms with E-state index in [0.717, 1.165) is 25.2 Å². The molecule has 136 valence electrons. The Morgan fingerprint density at radius 3 is 2.33 bits per heavy atom. The van der Waals surface area contributed by atoms with E-state index in [1.54, 1.807) is 6.92 Å². The van der Waals surface area contributed by atoms with Crippen LogP contribution in [0.3, 0.4) is 0 Å². The summed E-state index contributed by atoms with van der Waals surface area (Å²) in [5.74, 6) is 3.31. The van der Waals surface area contributed by atoms with Crippen molar-refractivity contribution in [2.45, 2.75) is 84.3 Å². The zero-order chi connectivity index (χ0) is 17.3. The minimum absolute atomic E-state index is 0.178. The standard InChI is InChI=1S/C21H34O3/c1-12(22)15-6-7-16-14-5-4-13-10-18(23)19(24)11-21(13,3)17(14)8-9-20(15,16)2/h13-19,23-24H,4-11H2,1-3H3/t13-,14-,15+,16-,17-,18-,19-,20+,21-/m0/s1. The van der Waals surface area contributed by atoms with E-state index in [0.29, 0.717) is 23.5 Å². The lowest BCUT2D eigenvalue weighted by atomic mass is 9.44. The van der Waals surface area contributed by atoms with Crippen molar-refractivity contribution in [3.8, 4) is 0 Å². The minimum atomic E-state index is -0.549. The third-order valence-electron chi connectivity index (χ3n) is 9.18. The van der Waals surface area contributed by atoms with Crippen LogP contribution in [0.2, 0.25) is 0 Å². The molecule has 4 aliphatic carbocycles. The molecule has 0 heterocycles. The molecule has 24 heavy (non-hydrogen) atoms. The van der Waals surface area contributed by atoms with Gasteiger partial charge in [0.1, 0.15) is 5.78 Å². The van der Waals surface area contributed by atoms with Gasteiger partial charge in [-0.3, -0.25) is 4.79 Å². The third kappa shape index (κ3) is 2.19. The molecule has 9 atom stereocenters. The van der Waals surface area contributed by atoms with Gasteiger partial charge in [-0.25, -0.2) is 0 Å². The maximum atomic E-state index is 12.2. The zero-order valence-corrected chi connectivity index (χ0v) is 15.5. The van der Waals surface area contributed by atoms with Gasteiger partial charge in [0.2, 0.25) is 0 Å². The van der Waals surface area contributed by atoms with E-state index in [-0.39, 0.29) is 16.7 Å². The van der Waals surface area contributed by atoms with Gasteiger partial charge in [-0.1, -0.05) is 13.8 Å². The van der Waals surface area contributed by atoms with Gasteiger partial charge in [-0.15, -0.1) is 0 Å². The van der Waals surface area contributed by atoms with Gasteiger partial charge in [0, 0.05) is 5.92 Å². The summed E-state index contributed by atoms with van der Waals surface area (Å²) in [6.45, 7) is 6.58. The van der Waals surface area contributed by atoms with Crippen molar-refractivity contribution >= 4 is 5.78 Å². The van der Waals surface area contributed by atoms with Crippen molar-refractivity contribution < 1.29 is 15.0 Å². The number of hydrogen-bond donors (Lipinski definition) is 2. The molecule has 0 amide bonds. The summed E-state index contributed by atoms with van der Waals surface area (Å²) in [6, 6.07) is 0. The Hall–Kier alpha value is -0.410. The van der Waals surface area contributed by atoms with Crippen LogP contribution in [0, 0.1) is 40.4 Å². The molecule has 4 aliphatic rings. The average molecular weight is 335 g/mol. The molecule has 0 aromatic rings. The van der Waals surface area contributed by atoms with Gasteiger partial charge in [0.05, 0.1) is 12.2 Å². The summed E-state index contributed by atoms with van der Waals surface area (Å²) >= 11 is 0. The van der Waals surface area contributed by atoms with Crippen LogP contribution >= 0.6 is 0 Å². The molecule has 2 N–H and O–H groups in total. The highest BCUT2D eigenvalue weighted by Gasteiger charge is 2.61. The van der Waals surface area contributed by atoms with Gasteiger partial charge in [-0.2, -0.15) is 0 Å². The normalized spacial score (nSPS) is 57.0.